The highest BCUT2D eigenvalue weighted by Gasteiger charge is 2.12. The second-order valence-electron chi connectivity index (χ2n) is 4.49. The zero-order chi connectivity index (χ0) is 13.6. The lowest BCUT2D eigenvalue weighted by molar-refractivity contribution is 0.151. The molecule has 4 heteroatoms. The zero-order valence-corrected chi connectivity index (χ0v) is 10.1. The van der Waals surface area contributed by atoms with Crippen molar-refractivity contribution in [1.82, 2.24) is 0 Å². The van der Waals surface area contributed by atoms with Crippen LogP contribution in [0.25, 0.3) is 21.7 Å². The highest BCUT2D eigenvalue weighted by atomic mass is 19.3. The van der Waals surface area contributed by atoms with Crippen LogP contribution in [0.15, 0.2) is 45.6 Å². The minimum Gasteiger partial charge on any atom is -0.422 e. The highest BCUT2D eigenvalue weighted by molar-refractivity contribution is 6.04. The van der Waals surface area contributed by atoms with Gasteiger partial charge in [0.25, 0.3) is 6.43 Å². The molecule has 0 N–H and O–H groups in total. The van der Waals surface area contributed by atoms with E-state index < -0.39 is 12.1 Å². The van der Waals surface area contributed by atoms with Gasteiger partial charge in [-0.2, -0.15) is 0 Å². The molecule has 0 amide bonds. The molecule has 0 radical (unpaired) electrons. The molecule has 0 aliphatic heterocycles. The monoisotopic (exact) mass is 260 g/mol. The molecule has 0 aliphatic carbocycles. The highest BCUT2D eigenvalue weighted by Crippen LogP contribution is 2.27. The van der Waals surface area contributed by atoms with Gasteiger partial charge in [0, 0.05) is 10.9 Å². The van der Waals surface area contributed by atoms with Crippen LogP contribution >= 0.6 is 0 Å². The summed E-state index contributed by atoms with van der Waals surface area (Å²) < 4.78 is 30.4. The molecule has 0 unspecified atom stereocenters. The number of halogens is 2. The van der Waals surface area contributed by atoms with Gasteiger partial charge in [-0.25, -0.2) is 13.6 Å². The van der Waals surface area contributed by atoms with Crippen LogP contribution in [-0.4, -0.2) is 0 Å². The first kappa shape index (κ1) is 11.8. The number of aryl methyl sites for hydroxylation is 1. The predicted octanol–water partition coefficient (Wildman–Crippen LogP) is 4.19. The molecule has 3 rings (SSSR count). The van der Waals surface area contributed by atoms with Crippen LogP contribution in [-0.2, 0) is 0 Å². The van der Waals surface area contributed by atoms with Crippen LogP contribution in [0.1, 0.15) is 17.6 Å². The van der Waals surface area contributed by atoms with Crippen molar-refractivity contribution >= 4 is 21.7 Å². The summed E-state index contributed by atoms with van der Waals surface area (Å²) in [7, 11) is 0. The fraction of sp³-hybridized carbons (Fsp3) is 0.133. The first-order chi connectivity index (χ1) is 9.06. The van der Waals surface area contributed by atoms with Crippen LogP contribution in [0, 0.1) is 6.92 Å². The standard InChI is InChI=1S/C15H10F2O2/c1-8-2-4-10-11-5-3-9(14(16)17)7-13(11)19-15(18)12(10)6-8/h2-7,14H,1H3. The van der Waals surface area contributed by atoms with Gasteiger partial charge in [0.1, 0.15) is 5.58 Å². The molecule has 0 bridgehead atoms. The van der Waals surface area contributed by atoms with Gasteiger partial charge >= 0.3 is 5.63 Å². The maximum Gasteiger partial charge on any atom is 0.344 e. The fourth-order valence-corrected chi connectivity index (χ4v) is 2.20. The molecule has 3 aromatic rings. The summed E-state index contributed by atoms with van der Waals surface area (Å²) in [5, 5.41) is 1.86. The van der Waals surface area contributed by atoms with E-state index in [-0.39, 0.29) is 11.1 Å². The van der Waals surface area contributed by atoms with Gasteiger partial charge in [0.2, 0.25) is 0 Å². The van der Waals surface area contributed by atoms with Gasteiger partial charge < -0.3 is 4.42 Å². The van der Waals surface area contributed by atoms with E-state index in [1.807, 2.05) is 19.1 Å². The van der Waals surface area contributed by atoms with Crippen molar-refractivity contribution in [3.05, 3.63) is 57.9 Å². The lowest BCUT2D eigenvalue weighted by atomic mass is 10.0. The van der Waals surface area contributed by atoms with Crippen LogP contribution in [0.3, 0.4) is 0 Å². The molecule has 0 fully saturated rings. The lowest BCUT2D eigenvalue weighted by Gasteiger charge is -2.05. The molecule has 0 spiro atoms. The van der Waals surface area contributed by atoms with E-state index in [4.69, 9.17) is 4.42 Å². The average Bonchev–Trinajstić information content (AvgIpc) is 2.38. The Morgan fingerprint density at radius 1 is 1.00 bits per heavy atom. The molecule has 0 atom stereocenters. The number of benzene rings is 2. The van der Waals surface area contributed by atoms with Crippen LogP contribution in [0.5, 0.6) is 0 Å². The first-order valence-corrected chi connectivity index (χ1v) is 5.81. The van der Waals surface area contributed by atoms with E-state index in [9.17, 15) is 13.6 Å². The topological polar surface area (TPSA) is 30.2 Å². The lowest BCUT2D eigenvalue weighted by Crippen LogP contribution is -2.00. The minimum absolute atomic E-state index is 0.151. The summed E-state index contributed by atoms with van der Waals surface area (Å²) in [5.41, 5.74) is 0.488. The van der Waals surface area contributed by atoms with Gasteiger partial charge in [-0.05, 0) is 24.4 Å². The van der Waals surface area contributed by atoms with E-state index in [1.165, 1.54) is 12.1 Å². The largest absolute Gasteiger partial charge is 0.422 e. The Hall–Kier alpha value is -2.23. The van der Waals surface area contributed by atoms with E-state index >= 15 is 0 Å². The Balaban J connectivity index is 2.45. The summed E-state index contributed by atoms with van der Waals surface area (Å²) in [6.45, 7) is 1.88. The van der Waals surface area contributed by atoms with Crippen molar-refractivity contribution in [2.24, 2.45) is 0 Å². The van der Waals surface area contributed by atoms with Crippen molar-refractivity contribution in [2.75, 3.05) is 0 Å². The van der Waals surface area contributed by atoms with E-state index in [2.05, 4.69) is 0 Å². The summed E-state index contributed by atoms with van der Waals surface area (Å²) in [5.74, 6) is 0. The predicted molar refractivity (Wildman–Crippen MR) is 69.7 cm³/mol. The van der Waals surface area contributed by atoms with Gasteiger partial charge in [-0.1, -0.05) is 29.8 Å². The zero-order valence-electron chi connectivity index (χ0n) is 10.1. The molecule has 2 aromatic carbocycles. The molecular formula is C15H10F2O2. The summed E-state index contributed by atoms with van der Waals surface area (Å²) in [4.78, 5) is 11.9. The van der Waals surface area contributed by atoms with Gasteiger partial charge in [-0.15, -0.1) is 0 Å². The van der Waals surface area contributed by atoms with Crippen molar-refractivity contribution in [1.29, 1.82) is 0 Å². The Kier molecular flexibility index (Phi) is 2.59. The minimum atomic E-state index is -2.58. The van der Waals surface area contributed by atoms with E-state index in [0.717, 1.165) is 10.9 Å². The fourth-order valence-electron chi connectivity index (χ4n) is 2.20. The van der Waals surface area contributed by atoms with Crippen LogP contribution in [0.4, 0.5) is 8.78 Å². The molecular weight excluding hydrogens is 250 g/mol. The average molecular weight is 260 g/mol. The first-order valence-electron chi connectivity index (χ1n) is 5.81. The number of alkyl halides is 2. The molecule has 96 valence electrons. The van der Waals surface area contributed by atoms with E-state index in [1.54, 1.807) is 12.1 Å². The Bertz CT molecular complexity index is 835. The molecule has 0 saturated carbocycles. The molecule has 19 heavy (non-hydrogen) atoms. The van der Waals surface area contributed by atoms with E-state index in [0.29, 0.717) is 10.8 Å². The normalized spacial score (nSPS) is 11.6. The third-order valence-corrected chi connectivity index (χ3v) is 3.15. The Morgan fingerprint density at radius 3 is 2.47 bits per heavy atom. The number of hydrogen-bond acceptors (Lipinski definition) is 2. The van der Waals surface area contributed by atoms with Crippen LogP contribution < -0.4 is 5.63 Å². The molecule has 1 heterocycles. The summed E-state index contributed by atoms with van der Waals surface area (Å²) in [6.07, 6.45) is -2.58. The summed E-state index contributed by atoms with van der Waals surface area (Å²) >= 11 is 0. The number of hydrogen-bond donors (Lipinski definition) is 0. The molecule has 0 saturated heterocycles. The quantitative estimate of drug-likeness (QED) is 0.485. The van der Waals surface area contributed by atoms with Gasteiger partial charge in [0.05, 0.1) is 5.39 Å². The third-order valence-electron chi connectivity index (χ3n) is 3.15. The number of fused-ring (bicyclic) bond motifs is 3. The Morgan fingerprint density at radius 2 is 1.74 bits per heavy atom. The molecule has 1 aromatic heterocycles. The van der Waals surface area contributed by atoms with Crippen molar-refractivity contribution in [3.8, 4) is 0 Å². The SMILES string of the molecule is Cc1ccc2c(c1)c(=O)oc1cc(C(F)F)ccc12. The maximum atomic E-state index is 12.6. The van der Waals surface area contributed by atoms with Gasteiger partial charge in [-0.3, -0.25) is 0 Å². The van der Waals surface area contributed by atoms with Crippen molar-refractivity contribution in [2.45, 2.75) is 13.3 Å². The summed E-state index contributed by atoms with van der Waals surface area (Å²) in [6, 6.07) is 9.57. The van der Waals surface area contributed by atoms with Gasteiger partial charge in [0.15, 0.2) is 0 Å². The second kappa shape index (κ2) is 4.16. The third kappa shape index (κ3) is 1.89. The second-order valence-corrected chi connectivity index (χ2v) is 4.49. The smallest absolute Gasteiger partial charge is 0.344 e. The number of rotatable bonds is 1. The molecule has 2 nitrogen and oxygen atoms in total. The Labute approximate surface area is 107 Å². The molecule has 0 aliphatic rings. The van der Waals surface area contributed by atoms with Crippen molar-refractivity contribution < 1.29 is 13.2 Å². The maximum absolute atomic E-state index is 12.6. The van der Waals surface area contributed by atoms with Crippen molar-refractivity contribution in [3.63, 3.8) is 0 Å². The van der Waals surface area contributed by atoms with Crippen LogP contribution in [0.2, 0.25) is 0 Å².